The second kappa shape index (κ2) is 11.1. The smallest absolute Gasteiger partial charge is 0.294 e. The summed E-state index contributed by atoms with van der Waals surface area (Å²) in [5.74, 6) is 0.483. The van der Waals surface area contributed by atoms with Crippen LogP contribution in [0.3, 0.4) is 0 Å². The van der Waals surface area contributed by atoms with E-state index in [4.69, 9.17) is 9.29 Å². The molecule has 2 rings (SSSR count). The molecule has 0 atom stereocenters. The molecule has 0 aromatic heterocycles. The van der Waals surface area contributed by atoms with Gasteiger partial charge in [-0.1, -0.05) is 64.0 Å². The lowest BCUT2D eigenvalue weighted by molar-refractivity contribution is 0.409. The number of aromatic hydroxyl groups is 1. The maximum Gasteiger partial charge on any atom is 0.294 e. The van der Waals surface area contributed by atoms with Crippen LogP contribution in [0, 0.1) is 0 Å². The van der Waals surface area contributed by atoms with E-state index >= 15 is 0 Å². The lowest BCUT2D eigenvalue weighted by Crippen LogP contribution is -1.98. The Morgan fingerprint density at radius 1 is 0.893 bits per heavy atom. The van der Waals surface area contributed by atoms with Gasteiger partial charge in [0.25, 0.3) is 10.1 Å². The van der Waals surface area contributed by atoms with Crippen LogP contribution in [-0.2, 0) is 16.5 Å². The summed E-state index contributed by atoms with van der Waals surface area (Å²) < 4.78 is 37.3. The fraction of sp³-hybridized carbons (Fsp3) is 0.455. The minimum atomic E-state index is -4.30. The number of benzene rings is 2. The normalized spacial score (nSPS) is 11.5. The van der Waals surface area contributed by atoms with Crippen molar-refractivity contribution in [3.05, 3.63) is 48.0 Å². The van der Waals surface area contributed by atoms with Crippen LogP contribution in [0.25, 0.3) is 0 Å². The number of ether oxygens (including phenoxy) is 1. The van der Waals surface area contributed by atoms with Crippen molar-refractivity contribution in [1.82, 2.24) is 0 Å². The molecule has 0 saturated carbocycles. The van der Waals surface area contributed by atoms with E-state index in [1.807, 2.05) is 6.07 Å². The van der Waals surface area contributed by atoms with Gasteiger partial charge >= 0.3 is 0 Å². The van der Waals surface area contributed by atoms with Crippen molar-refractivity contribution in [2.75, 3.05) is 0 Å². The Balaban J connectivity index is 1.89. The van der Waals surface area contributed by atoms with Gasteiger partial charge < -0.3 is 9.84 Å². The molecule has 0 saturated heterocycles. The summed E-state index contributed by atoms with van der Waals surface area (Å²) in [6.45, 7) is 2.22. The lowest BCUT2D eigenvalue weighted by Gasteiger charge is -2.10. The summed E-state index contributed by atoms with van der Waals surface area (Å²) >= 11 is 0. The zero-order chi connectivity index (χ0) is 20.4. The first-order chi connectivity index (χ1) is 13.4. The summed E-state index contributed by atoms with van der Waals surface area (Å²) in [7, 11) is -4.30. The number of hydrogen-bond acceptors (Lipinski definition) is 4. The third kappa shape index (κ3) is 7.52. The molecule has 0 aliphatic heterocycles. The van der Waals surface area contributed by atoms with E-state index in [0.717, 1.165) is 18.4 Å². The predicted molar refractivity (Wildman–Crippen MR) is 111 cm³/mol. The molecule has 2 aromatic rings. The first-order valence-corrected chi connectivity index (χ1v) is 11.4. The zero-order valence-corrected chi connectivity index (χ0v) is 17.2. The third-order valence-corrected chi connectivity index (χ3v) is 5.52. The maximum atomic E-state index is 11.3. The largest absolute Gasteiger partial charge is 0.504 e. The number of aryl methyl sites for hydroxylation is 1. The highest BCUT2D eigenvalue weighted by atomic mass is 32.2. The molecular weight excluding hydrogens is 376 g/mol. The van der Waals surface area contributed by atoms with Crippen molar-refractivity contribution in [2.24, 2.45) is 0 Å². The van der Waals surface area contributed by atoms with Crippen LogP contribution in [0.1, 0.15) is 63.9 Å². The van der Waals surface area contributed by atoms with Crippen LogP contribution in [0.2, 0.25) is 0 Å². The van der Waals surface area contributed by atoms with E-state index < -0.39 is 10.1 Å². The highest BCUT2D eigenvalue weighted by molar-refractivity contribution is 7.85. The Morgan fingerprint density at radius 3 is 2.25 bits per heavy atom. The van der Waals surface area contributed by atoms with E-state index in [1.54, 1.807) is 18.2 Å². The topological polar surface area (TPSA) is 83.8 Å². The van der Waals surface area contributed by atoms with Gasteiger partial charge in [-0.3, -0.25) is 4.55 Å². The van der Waals surface area contributed by atoms with Gasteiger partial charge in [-0.2, -0.15) is 8.42 Å². The van der Waals surface area contributed by atoms with Crippen LogP contribution in [0.15, 0.2) is 47.4 Å². The maximum absolute atomic E-state index is 11.3. The molecule has 0 unspecified atom stereocenters. The minimum absolute atomic E-state index is 0.0167. The second-order valence-electron chi connectivity index (χ2n) is 7.08. The van der Waals surface area contributed by atoms with Crippen LogP contribution >= 0.6 is 0 Å². The monoisotopic (exact) mass is 406 g/mol. The molecule has 0 aliphatic carbocycles. The molecular formula is C22H30O5S. The minimum Gasteiger partial charge on any atom is -0.504 e. The van der Waals surface area contributed by atoms with E-state index in [9.17, 15) is 13.5 Å². The van der Waals surface area contributed by atoms with Crippen molar-refractivity contribution < 1.29 is 22.8 Å². The Kier molecular flexibility index (Phi) is 8.80. The van der Waals surface area contributed by atoms with Gasteiger partial charge in [-0.25, -0.2) is 0 Å². The molecule has 0 heterocycles. The number of unbranched alkanes of at least 4 members (excludes halogenated alkanes) is 7. The molecule has 0 radical (unpaired) electrons. The van der Waals surface area contributed by atoms with Crippen molar-refractivity contribution in [1.29, 1.82) is 0 Å². The molecule has 6 heteroatoms. The second-order valence-corrected chi connectivity index (χ2v) is 8.50. The summed E-state index contributed by atoms with van der Waals surface area (Å²) in [6.07, 6.45) is 10.9. The molecule has 0 bridgehead atoms. The molecule has 0 amide bonds. The van der Waals surface area contributed by atoms with Gasteiger partial charge in [-0.15, -0.1) is 0 Å². The Morgan fingerprint density at radius 2 is 1.57 bits per heavy atom. The summed E-state index contributed by atoms with van der Waals surface area (Å²) in [5.41, 5.74) is 1.06. The van der Waals surface area contributed by atoms with Gasteiger partial charge in [0.2, 0.25) is 0 Å². The standard InChI is InChI=1S/C22H30O5S/c1-2-3-4-5-6-7-8-9-11-18-14-15-21(23)22(16-18)27-19-12-10-13-20(17-19)28(24,25)26/h10,12-17,23H,2-9,11H2,1H3,(H,24,25,26). The zero-order valence-electron chi connectivity index (χ0n) is 16.4. The van der Waals surface area contributed by atoms with Gasteiger partial charge in [0.1, 0.15) is 5.75 Å². The lowest BCUT2D eigenvalue weighted by atomic mass is 10.0. The van der Waals surface area contributed by atoms with E-state index in [2.05, 4.69) is 6.92 Å². The summed E-state index contributed by atoms with van der Waals surface area (Å²) in [6, 6.07) is 10.8. The molecule has 28 heavy (non-hydrogen) atoms. The van der Waals surface area contributed by atoms with Crippen LogP contribution in [0.5, 0.6) is 17.2 Å². The van der Waals surface area contributed by atoms with E-state index in [-0.39, 0.29) is 22.1 Å². The molecule has 2 aromatic carbocycles. The molecule has 2 N–H and O–H groups in total. The number of phenols is 1. The van der Waals surface area contributed by atoms with E-state index in [1.165, 1.54) is 63.1 Å². The highest BCUT2D eigenvalue weighted by Crippen LogP contribution is 2.32. The molecule has 154 valence electrons. The van der Waals surface area contributed by atoms with Crippen molar-refractivity contribution in [3.63, 3.8) is 0 Å². The molecule has 0 spiro atoms. The predicted octanol–water partition coefficient (Wildman–Crippen LogP) is 6.11. The number of rotatable bonds is 12. The number of phenolic OH excluding ortho intramolecular Hbond substituents is 1. The van der Waals surface area contributed by atoms with Gasteiger partial charge in [0.15, 0.2) is 11.5 Å². The first kappa shape index (κ1) is 22.2. The highest BCUT2D eigenvalue weighted by Gasteiger charge is 2.12. The fourth-order valence-electron chi connectivity index (χ4n) is 3.08. The van der Waals surface area contributed by atoms with Crippen molar-refractivity contribution >= 4 is 10.1 Å². The number of hydrogen-bond donors (Lipinski definition) is 2. The summed E-state index contributed by atoms with van der Waals surface area (Å²) in [4.78, 5) is -0.250. The molecule has 5 nitrogen and oxygen atoms in total. The SMILES string of the molecule is CCCCCCCCCCc1ccc(O)c(Oc2cccc(S(=O)(=O)O)c2)c1. The van der Waals surface area contributed by atoms with Crippen LogP contribution < -0.4 is 4.74 Å². The van der Waals surface area contributed by atoms with Crippen molar-refractivity contribution in [2.45, 2.75) is 69.6 Å². The Labute approximate surface area is 168 Å². The van der Waals surface area contributed by atoms with Crippen LogP contribution in [0.4, 0.5) is 0 Å². The Bertz CT molecular complexity index is 846. The van der Waals surface area contributed by atoms with Crippen molar-refractivity contribution in [3.8, 4) is 17.2 Å². The van der Waals surface area contributed by atoms with E-state index in [0.29, 0.717) is 0 Å². The average molecular weight is 407 g/mol. The van der Waals surface area contributed by atoms with Gasteiger partial charge in [0, 0.05) is 6.07 Å². The fourth-order valence-corrected chi connectivity index (χ4v) is 3.60. The van der Waals surface area contributed by atoms with Gasteiger partial charge in [0.05, 0.1) is 4.90 Å². The quantitative estimate of drug-likeness (QED) is 0.328. The Hall–Kier alpha value is -2.05. The molecule has 0 aliphatic rings. The summed E-state index contributed by atoms with van der Waals surface area (Å²) in [5, 5.41) is 10.0. The third-order valence-electron chi connectivity index (χ3n) is 4.67. The van der Waals surface area contributed by atoms with Crippen LogP contribution in [-0.4, -0.2) is 18.1 Å². The average Bonchev–Trinajstić information content (AvgIpc) is 2.66. The first-order valence-electron chi connectivity index (χ1n) is 9.97. The molecule has 0 fully saturated rings. The van der Waals surface area contributed by atoms with Gasteiger partial charge in [-0.05, 0) is 42.7 Å².